The first kappa shape index (κ1) is 19.6. The second-order valence-electron chi connectivity index (χ2n) is 8.01. The van der Waals surface area contributed by atoms with E-state index in [1.807, 2.05) is 30.0 Å². The molecule has 0 radical (unpaired) electrons. The summed E-state index contributed by atoms with van der Waals surface area (Å²) in [5.41, 5.74) is 3.39. The summed E-state index contributed by atoms with van der Waals surface area (Å²) in [7, 11) is 0. The number of likely N-dealkylation sites (tertiary alicyclic amines) is 1. The van der Waals surface area contributed by atoms with E-state index in [2.05, 4.69) is 41.7 Å². The van der Waals surface area contributed by atoms with Crippen molar-refractivity contribution in [1.82, 2.24) is 10.2 Å². The Morgan fingerprint density at radius 1 is 1.00 bits per heavy atom. The van der Waals surface area contributed by atoms with Gasteiger partial charge in [0.25, 0.3) is 0 Å². The summed E-state index contributed by atoms with van der Waals surface area (Å²) in [6, 6.07) is 18.2. The van der Waals surface area contributed by atoms with E-state index in [9.17, 15) is 14.7 Å². The average molecular weight is 392 g/mol. The van der Waals surface area contributed by atoms with E-state index in [4.69, 9.17) is 0 Å². The lowest BCUT2D eigenvalue weighted by atomic mass is 9.74. The number of nitrogens with zero attached hydrogens (tertiary/aromatic N) is 1. The molecule has 1 saturated heterocycles. The van der Waals surface area contributed by atoms with Crippen molar-refractivity contribution in [3.63, 3.8) is 0 Å². The molecule has 5 nitrogen and oxygen atoms in total. The van der Waals surface area contributed by atoms with Crippen molar-refractivity contribution in [3.05, 3.63) is 60.2 Å². The number of carbonyl (C=O) groups is 2. The van der Waals surface area contributed by atoms with Crippen LogP contribution in [-0.4, -0.2) is 47.1 Å². The number of carbonyl (C=O) groups excluding carboxylic acids is 2. The fourth-order valence-electron chi connectivity index (χ4n) is 4.36. The maximum Gasteiger partial charge on any atom is 0.226 e. The maximum atomic E-state index is 12.8. The molecule has 0 spiro atoms. The highest BCUT2D eigenvalue weighted by Crippen LogP contribution is 2.44. The van der Waals surface area contributed by atoms with Gasteiger partial charge in [0.1, 0.15) is 0 Å². The van der Waals surface area contributed by atoms with Crippen LogP contribution in [0.25, 0.3) is 11.1 Å². The third kappa shape index (κ3) is 3.92. The number of hydrogen-bond donors (Lipinski definition) is 2. The number of amides is 2. The Morgan fingerprint density at radius 2 is 1.66 bits per heavy atom. The molecular formula is C24H28N2O3. The number of aliphatic hydroxyl groups excluding tert-OH is 1. The molecule has 2 aromatic carbocycles. The summed E-state index contributed by atoms with van der Waals surface area (Å²) in [5, 5.41) is 13.0. The van der Waals surface area contributed by atoms with Crippen LogP contribution in [0, 0.1) is 5.92 Å². The standard InChI is InChI=1S/C24H28N2O3/c1-2-22(28)25-14-20-23(21(15-27)26(20)24(29)19-12-13-19)18-10-8-17(9-11-18)16-6-4-3-5-7-16/h3-11,19-21,23,27H,2,12-15H2,1H3,(H,25,28)/t20-,21-,23+/m0/s1. The Bertz CT molecular complexity index is 861. The van der Waals surface area contributed by atoms with E-state index >= 15 is 0 Å². The Hall–Kier alpha value is -2.66. The van der Waals surface area contributed by atoms with Gasteiger partial charge in [0.15, 0.2) is 0 Å². The van der Waals surface area contributed by atoms with E-state index in [1.165, 1.54) is 0 Å². The highest BCUT2D eigenvalue weighted by molar-refractivity contribution is 5.83. The first-order valence-electron chi connectivity index (χ1n) is 10.5. The zero-order chi connectivity index (χ0) is 20.4. The summed E-state index contributed by atoms with van der Waals surface area (Å²) in [4.78, 5) is 26.4. The van der Waals surface area contributed by atoms with E-state index in [0.717, 1.165) is 29.5 Å². The van der Waals surface area contributed by atoms with Gasteiger partial charge < -0.3 is 15.3 Å². The minimum atomic E-state index is -0.228. The van der Waals surface area contributed by atoms with Crippen molar-refractivity contribution in [3.8, 4) is 11.1 Å². The topological polar surface area (TPSA) is 69.6 Å². The van der Waals surface area contributed by atoms with E-state index in [-0.39, 0.29) is 42.3 Å². The summed E-state index contributed by atoms with van der Waals surface area (Å²) >= 11 is 0. The van der Waals surface area contributed by atoms with Crippen LogP contribution in [0.1, 0.15) is 37.7 Å². The summed E-state index contributed by atoms with van der Waals surface area (Å²) < 4.78 is 0. The number of aliphatic hydroxyl groups is 1. The molecule has 2 amide bonds. The highest BCUT2D eigenvalue weighted by atomic mass is 16.3. The quantitative estimate of drug-likeness (QED) is 0.761. The van der Waals surface area contributed by atoms with Crippen molar-refractivity contribution >= 4 is 11.8 Å². The Morgan fingerprint density at radius 3 is 2.24 bits per heavy atom. The molecule has 29 heavy (non-hydrogen) atoms. The van der Waals surface area contributed by atoms with Crippen LogP contribution in [0.15, 0.2) is 54.6 Å². The van der Waals surface area contributed by atoms with Crippen molar-refractivity contribution in [2.75, 3.05) is 13.2 Å². The molecule has 4 rings (SSSR count). The van der Waals surface area contributed by atoms with Gasteiger partial charge in [-0.1, -0.05) is 61.5 Å². The molecule has 152 valence electrons. The third-order valence-electron chi connectivity index (χ3n) is 6.14. The molecule has 2 fully saturated rings. The van der Waals surface area contributed by atoms with Crippen LogP contribution in [0.5, 0.6) is 0 Å². The van der Waals surface area contributed by atoms with Gasteiger partial charge in [0.05, 0.1) is 18.7 Å². The molecular weight excluding hydrogens is 364 g/mol. The van der Waals surface area contributed by atoms with Crippen LogP contribution >= 0.6 is 0 Å². The minimum Gasteiger partial charge on any atom is -0.394 e. The Labute approximate surface area is 171 Å². The van der Waals surface area contributed by atoms with Crippen molar-refractivity contribution in [2.45, 2.75) is 44.2 Å². The van der Waals surface area contributed by atoms with Gasteiger partial charge in [0, 0.05) is 24.8 Å². The van der Waals surface area contributed by atoms with Gasteiger partial charge in [-0.2, -0.15) is 0 Å². The molecule has 1 saturated carbocycles. The normalized spacial score (nSPS) is 23.4. The Balaban J connectivity index is 1.57. The lowest BCUT2D eigenvalue weighted by molar-refractivity contribution is -0.152. The van der Waals surface area contributed by atoms with Crippen LogP contribution in [0.2, 0.25) is 0 Å². The van der Waals surface area contributed by atoms with Crippen LogP contribution in [0.4, 0.5) is 0 Å². The van der Waals surface area contributed by atoms with E-state index in [0.29, 0.717) is 13.0 Å². The Kier molecular flexibility index (Phi) is 5.67. The highest BCUT2D eigenvalue weighted by Gasteiger charge is 2.53. The first-order valence-corrected chi connectivity index (χ1v) is 10.5. The molecule has 1 aliphatic carbocycles. The van der Waals surface area contributed by atoms with Crippen LogP contribution in [0.3, 0.4) is 0 Å². The molecule has 5 heteroatoms. The summed E-state index contributed by atoms with van der Waals surface area (Å²) in [6.07, 6.45) is 2.28. The van der Waals surface area contributed by atoms with Crippen LogP contribution in [-0.2, 0) is 9.59 Å². The molecule has 0 bridgehead atoms. The average Bonchev–Trinajstić information content (AvgIpc) is 3.59. The van der Waals surface area contributed by atoms with E-state index in [1.54, 1.807) is 0 Å². The summed E-state index contributed by atoms with van der Waals surface area (Å²) in [5.74, 6) is 0.214. The first-order chi connectivity index (χ1) is 14.1. The monoisotopic (exact) mass is 392 g/mol. The minimum absolute atomic E-state index is 0.0182. The molecule has 2 N–H and O–H groups in total. The maximum absolute atomic E-state index is 12.8. The third-order valence-corrected chi connectivity index (χ3v) is 6.14. The molecule has 3 atom stereocenters. The largest absolute Gasteiger partial charge is 0.394 e. The number of hydrogen-bond acceptors (Lipinski definition) is 3. The molecule has 2 aliphatic rings. The molecule has 2 aromatic rings. The van der Waals surface area contributed by atoms with Crippen molar-refractivity contribution in [1.29, 1.82) is 0 Å². The van der Waals surface area contributed by atoms with Crippen molar-refractivity contribution in [2.24, 2.45) is 5.92 Å². The van der Waals surface area contributed by atoms with Crippen molar-refractivity contribution < 1.29 is 14.7 Å². The van der Waals surface area contributed by atoms with Gasteiger partial charge in [-0.3, -0.25) is 9.59 Å². The predicted molar refractivity (Wildman–Crippen MR) is 112 cm³/mol. The number of benzene rings is 2. The SMILES string of the molecule is CCC(=O)NC[C@H]1[C@@H](c2ccc(-c3ccccc3)cc2)[C@H](CO)N1C(=O)C1CC1. The lowest BCUT2D eigenvalue weighted by Gasteiger charge is -2.55. The molecule has 0 aromatic heterocycles. The van der Waals surface area contributed by atoms with Gasteiger partial charge in [-0.15, -0.1) is 0 Å². The van der Waals surface area contributed by atoms with Gasteiger partial charge >= 0.3 is 0 Å². The zero-order valence-corrected chi connectivity index (χ0v) is 16.8. The molecule has 1 aliphatic heterocycles. The fourth-order valence-corrected chi connectivity index (χ4v) is 4.36. The van der Waals surface area contributed by atoms with Gasteiger partial charge in [-0.25, -0.2) is 0 Å². The number of nitrogens with one attached hydrogen (secondary N) is 1. The molecule has 1 heterocycles. The number of rotatable bonds is 7. The second-order valence-corrected chi connectivity index (χ2v) is 8.01. The smallest absolute Gasteiger partial charge is 0.226 e. The van der Waals surface area contributed by atoms with Gasteiger partial charge in [0.2, 0.25) is 11.8 Å². The second kappa shape index (κ2) is 8.37. The van der Waals surface area contributed by atoms with Gasteiger partial charge in [-0.05, 0) is 29.5 Å². The zero-order valence-electron chi connectivity index (χ0n) is 16.8. The van der Waals surface area contributed by atoms with Crippen LogP contribution < -0.4 is 5.32 Å². The molecule has 0 unspecified atom stereocenters. The lowest BCUT2D eigenvalue weighted by Crippen LogP contribution is -2.68. The van der Waals surface area contributed by atoms with E-state index < -0.39 is 0 Å². The summed E-state index contributed by atoms with van der Waals surface area (Å²) in [6.45, 7) is 2.17. The fraction of sp³-hybridized carbons (Fsp3) is 0.417. The predicted octanol–water partition coefficient (Wildman–Crippen LogP) is 2.95.